The maximum Gasteiger partial charge on any atom is 0.334 e. The summed E-state index contributed by atoms with van der Waals surface area (Å²) in [7, 11) is -3.25. The van der Waals surface area contributed by atoms with E-state index in [4.69, 9.17) is 9.47 Å². The van der Waals surface area contributed by atoms with Crippen LogP contribution in [-0.4, -0.2) is 57.7 Å². The molecule has 160 valence electrons. The molecule has 1 aromatic carbocycles. The van der Waals surface area contributed by atoms with Crippen LogP contribution in [0.1, 0.15) is 42.4 Å². The van der Waals surface area contributed by atoms with Crippen molar-refractivity contribution in [3.8, 4) is 5.75 Å². The number of ether oxygens (including phenoxy) is 2. The lowest BCUT2D eigenvalue weighted by Crippen LogP contribution is -2.37. The van der Waals surface area contributed by atoms with E-state index in [1.807, 2.05) is 6.07 Å². The fraction of sp³-hybridized carbons (Fsp3) is 0.550. The zero-order valence-electron chi connectivity index (χ0n) is 16.5. The summed E-state index contributed by atoms with van der Waals surface area (Å²) in [5.74, 6) is -0.0254. The second-order valence-corrected chi connectivity index (χ2v) is 9.28. The smallest absolute Gasteiger partial charge is 0.334 e. The number of esters is 1. The van der Waals surface area contributed by atoms with E-state index in [0.29, 0.717) is 43.7 Å². The Morgan fingerprint density at radius 3 is 2.55 bits per heavy atom. The molecule has 0 aromatic heterocycles. The SMILES string of the molecule is CCOC(=O)C1=Cc2cc(OCC(F)F)c(C3CCN(S(C)(=O)=O)CC3)cc2C1. The monoisotopic (exact) mass is 429 g/mol. The molecule has 0 spiro atoms. The van der Waals surface area contributed by atoms with Crippen LogP contribution in [0.15, 0.2) is 17.7 Å². The van der Waals surface area contributed by atoms with Crippen LogP contribution in [0.4, 0.5) is 8.78 Å². The molecule has 29 heavy (non-hydrogen) atoms. The number of carbonyl (C=O) groups is 1. The molecule has 2 aliphatic rings. The van der Waals surface area contributed by atoms with Gasteiger partial charge in [-0.1, -0.05) is 6.07 Å². The van der Waals surface area contributed by atoms with Crippen molar-refractivity contribution in [2.75, 3.05) is 32.6 Å². The van der Waals surface area contributed by atoms with Gasteiger partial charge in [-0.3, -0.25) is 0 Å². The second-order valence-electron chi connectivity index (χ2n) is 7.29. The Balaban J connectivity index is 1.85. The zero-order chi connectivity index (χ0) is 21.2. The van der Waals surface area contributed by atoms with Gasteiger partial charge in [-0.25, -0.2) is 26.3 Å². The highest BCUT2D eigenvalue weighted by Crippen LogP contribution is 2.39. The zero-order valence-corrected chi connectivity index (χ0v) is 17.3. The summed E-state index contributed by atoms with van der Waals surface area (Å²) in [4.78, 5) is 12.0. The van der Waals surface area contributed by atoms with Crippen molar-refractivity contribution in [3.05, 3.63) is 34.4 Å². The molecule has 9 heteroatoms. The molecule has 0 amide bonds. The fourth-order valence-corrected chi connectivity index (χ4v) is 4.72. The Morgan fingerprint density at radius 2 is 1.97 bits per heavy atom. The van der Waals surface area contributed by atoms with Gasteiger partial charge in [0.05, 0.1) is 12.9 Å². The van der Waals surface area contributed by atoms with Gasteiger partial charge in [0.15, 0.2) is 0 Å². The summed E-state index contributed by atoms with van der Waals surface area (Å²) in [5, 5.41) is 0. The number of hydrogen-bond donors (Lipinski definition) is 0. The summed E-state index contributed by atoms with van der Waals surface area (Å²) in [6.45, 7) is 2.04. The van der Waals surface area contributed by atoms with Gasteiger partial charge in [0.2, 0.25) is 10.0 Å². The summed E-state index contributed by atoms with van der Waals surface area (Å²) in [6, 6.07) is 3.60. The van der Waals surface area contributed by atoms with Crippen molar-refractivity contribution >= 4 is 22.1 Å². The minimum Gasteiger partial charge on any atom is -0.487 e. The normalized spacial score (nSPS) is 17.9. The van der Waals surface area contributed by atoms with Crippen molar-refractivity contribution in [1.29, 1.82) is 0 Å². The van der Waals surface area contributed by atoms with Crippen molar-refractivity contribution < 1.29 is 31.5 Å². The molecule has 0 unspecified atom stereocenters. The molecule has 1 aromatic rings. The number of piperidine rings is 1. The van der Waals surface area contributed by atoms with Crippen LogP contribution < -0.4 is 4.74 Å². The largest absolute Gasteiger partial charge is 0.487 e. The van der Waals surface area contributed by atoms with E-state index in [1.165, 1.54) is 10.6 Å². The van der Waals surface area contributed by atoms with E-state index in [2.05, 4.69) is 0 Å². The maximum absolute atomic E-state index is 12.7. The average molecular weight is 429 g/mol. The van der Waals surface area contributed by atoms with Gasteiger partial charge in [0.1, 0.15) is 12.4 Å². The molecule has 1 fully saturated rings. The summed E-state index contributed by atoms with van der Waals surface area (Å²) < 4.78 is 60.8. The number of carbonyl (C=O) groups excluding carboxylic acids is 1. The highest BCUT2D eigenvalue weighted by atomic mass is 32.2. The third-order valence-electron chi connectivity index (χ3n) is 5.25. The molecule has 0 N–H and O–H groups in total. The number of nitrogens with zero attached hydrogens (tertiary/aromatic N) is 1. The first-order valence-corrected chi connectivity index (χ1v) is 11.4. The number of rotatable bonds is 7. The lowest BCUT2D eigenvalue weighted by atomic mass is 9.87. The average Bonchev–Trinajstić information content (AvgIpc) is 3.08. The molecule has 0 radical (unpaired) electrons. The molecule has 1 aliphatic carbocycles. The first kappa shape index (κ1) is 21.7. The number of benzene rings is 1. The summed E-state index contributed by atoms with van der Waals surface area (Å²) in [6.07, 6.45) is 1.86. The molecule has 6 nitrogen and oxygen atoms in total. The molecule has 0 bridgehead atoms. The van der Waals surface area contributed by atoms with Crippen LogP contribution in [0.5, 0.6) is 5.75 Å². The molecule has 1 aliphatic heterocycles. The highest BCUT2D eigenvalue weighted by molar-refractivity contribution is 7.88. The molecule has 0 saturated carbocycles. The number of sulfonamides is 1. The van der Waals surface area contributed by atoms with Gasteiger partial charge in [0.25, 0.3) is 6.43 Å². The predicted octanol–water partition coefficient (Wildman–Crippen LogP) is 2.97. The number of fused-ring (bicyclic) bond motifs is 1. The lowest BCUT2D eigenvalue weighted by molar-refractivity contribution is -0.138. The highest BCUT2D eigenvalue weighted by Gasteiger charge is 2.29. The van der Waals surface area contributed by atoms with Gasteiger partial charge in [-0.2, -0.15) is 0 Å². The summed E-state index contributed by atoms with van der Waals surface area (Å²) >= 11 is 0. The van der Waals surface area contributed by atoms with Crippen LogP contribution in [0.25, 0.3) is 6.08 Å². The van der Waals surface area contributed by atoms with E-state index < -0.39 is 23.1 Å². The fourth-order valence-electron chi connectivity index (χ4n) is 3.84. The molecular weight excluding hydrogens is 404 g/mol. The Labute approximate surface area is 169 Å². The van der Waals surface area contributed by atoms with Crippen molar-refractivity contribution in [2.45, 2.75) is 38.5 Å². The van der Waals surface area contributed by atoms with Crippen LogP contribution in [0.3, 0.4) is 0 Å². The van der Waals surface area contributed by atoms with Gasteiger partial charge in [-0.05, 0) is 54.5 Å². The topological polar surface area (TPSA) is 72.9 Å². The second kappa shape index (κ2) is 8.79. The molecule has 1 saturated heterocycles. The Morgan fingerprint density at radius 1 is 1.28 bits per heavy atom. The van der Waals surface area contributed by atoms with E-state index in [0.717, 1.165) is 16.7 Å². The maximum atomic E-state index is 12.7. The van der Waals surface area contributed by atoms with E-state index >= 15 is 0 Å². The third kappa shape index (κ3) is 5.14. The predicted molar refractivity (Wildman–Crippen MR) is 105 cm³/mol. The van der Waals surface area contributed by atoms with E-state index in [-0.39, 0.29) is 18.5 Å². The Bertz CT molecular complexity index is 906. The number of halogens is 2. The lowest BCUT2D eigenvalue weighted by Gasteiger charge is -2.31. The molecular formula is C20H25F2NO5S. The molecule has 3 rings (SSSR count). The van der Waals surface area contributed by atoms with Gasteiger partial charge >= 0.3 is 5.97 Å². The molecule has 1 heterocycles. The quantitative estimate of drug-likeness (QED) is 0.623. The standard InChI is InChI=1S/C20H25F2NO5S/c1-3-27-20(24)16-8-14-10-17(13-4-6-23(7-5-13)29(2,25)26)18(11-15(14)9-16)28-12-19(21)22/h9-11,13,19H,3-8,12H2,1-2H3. The Hall–Kier alpha value is -2.00. The number of alkyl halides is 2. The molecule has 0 atom stereocenters. The minimum atomic E-state index is -3.25. The van der Waals surface area contributed by atoms with Gasteiger partial charge in [0, 0.05) is 25.1 Å². The minimum absolute atomic E-state index is 0.00221. The summed E-state index contributed by atoms with van der Waals surface area (Å²) in [5.41, 5.74) is 2.98. The van der Waals surface area contributed by atoms with Crippen molar-refractivity contribution in [2.24, 2.45) is 0 Å². The van der Waals surface area contributed by atoms with E-state index in [9.17, 15) is 22.0 Å². The van der Waals surface area contributed by atoms with Crippen LogP contribution in [0.2, 0.25) is 0 Å². The van der Waals surface area contributed by atoms with Crippen molar-refractivity contribution in [3.63, 3.8) is 0 Å². The number of hydrogen-bond acceptors (Lipinski definition) is 5. The van der Waals surface area contributed by atoms with Crippen LogP contribution in [-0.2, 0) is 26.0 Å². The van der Waals surface area contributed by atoms with E-state index in [1.54, 1.807) is 19.1 Å². The van der Waals surface area contributed by atoms with Gasteiger partial charge in [-0.15, -0.1) is 0 Å². The van der Waals surface area contributed by atoms with Crippen molar-refractivity contribution in [1.82, 2.24) is 4.31 Å². The third-order valence-corrected chi connectivity index (χ3v) is 6.55. The van der Waals surface area contributed by atoms with Crippen LogP contribution >= 0.6 is 0 Å². The van der Waals surface area contributed by atoms with Crippen LogP contribution in [0, 0.1) is 0 Å². The van der Waals surface area contributed by atoms with Gasteiger partial charge < -0.3 is 9.47 Å². The first-order valence-electron chi connectivity index (χ1n) is 9.59. The Kier molecular flexibility index (Phi) is 6.58. The first-order chi connectivity index (χ1) is 13.7.